The Morgan fingerprint density at radius 1 is 0.696 bits per heavy atom. The number of nitrogens with one attached hydrogen (secondary N) is 3. The van der Waals surface area contributed by atoms with Gasteiger partial charge in [0.2, 0.25) is 0 Å². The van der Waals surface area contributed by atoms with E-state index in [-0.39, 0.29) is 35.5 Å². The van der Waals surface area contributed by atoms with Crippen molar-refractivity contribution in [2.45, 2.75) is 222 Å². The molecule has 2 fully saturated rings. The average Bonchev–Trinajstić information content (AvgIpc) is 3.85. The van der Waals surface area contributed by atoms with Crippen molar-refractivity contribution < 1.29 is 56.6 Å². The third-order valence-corrected chi connectivity index (χ3v) is 16.4. The van der Waals surface area contributed by atoms with Crippen LogP contribution in [0.5, 0.6) is 0 Å². The molecule has 21 nitrogen and oxygen atoms in total. The van der Waals surface area contributed by atoms with Crippen LogP contribution in [0.3, 0.4) is 0 Å². The monoisotopic (exact) mass is 1210 g/mol. The lowest BCUT2D eigenvalue weighted by molar-refractivity contribution is -0.111. The van der Waals surface area contributed by atoms with Crippen molar-refractivity contribution in [1.29, 1.82) is 0 Å². The van der Waals surface area contributed by atoms with Crippen molar-refractivity contribution in [1.82, 2.24) is 33.8 Å². The molecule has 0 amide bonds. The number of hydrogen-bond acceptors (Lipinski definition) is 19. The molecule has 2 saturated heterocycles. The summed E-state index contributed by atoms with van der Waals surface area (Å²) < 4.78 is 69.7. The minimum atomic E-state index is -1.69. The van der Waals surface area contributed by atoms with E-state index in [9.17, 15) is 38.3 Å². The first-order valence-corrected chi connectivity index (χ1v) is 30.9. The normalized spacial score (nSPS) is 21.2. The van der Waals surface area contributed by atoms with Crippen molar-refractivity contribution in [3.05, 3.63) is 66.2 Å². The van der Waals surface area contributed by atoms with Crippen LogP contribution in [-0.2, 0) is 37.6 Å². The largest absolute Gasteiger partial charge is 0.394 e. The first-order chi connectivity index (χ1) is 37.1. The molecule has 27 heteroatoms. The molecule has 2 aliphatic heterocycles. The Balaban J connectivity index is 0.00000115. The fourth-order valence-electron chi connectivity index (χ4n) is 7.46. The Hall–Kier alpha value is -2.32. The molecule has 2 aliphatic rings. The fourth-order valence-corrected chi connectivity index (χ4v) is 10.5. The lowest BCUT2D eigenvalue weighted by atomic mass is 10.1. The van der Waals surface area contributed by atoms with Crippen LogP contribution in [0.15, 0.2) is 43.7 Å². The van der Waals surface area contributed by atoms with Crippen molar-refractivity contribution >= 4 is 51.7 Å². The zero-order valence-electron chi connectivity index (χ0n) is 49.6. The third kappa shape index (κ3) is 30.2. The number of alkyl halides is 2. The topological polar surface area (TPSA) is 258 Å². The van der Waals surface area contributed by atoms with E-state index < -0.39 is 80.2 Å². The Labute approximate surface area is 479 Å². The zero-order valence-corrected chi connectivity index (χ0v) is 53.2. The number of halogens is 2. The number of rotatable bonds is 27. The Kier molecular flexibility index (Phi) is 41.2. The van der Waals surface area contributed by atoms with Crippen molar-refractivity contribution in [3.8, 4) is 0 Å². The van der Waals surface area contributed by atoms with Crippen LogP contribution < -0.4 is 27.8 Å². The summed E-state index contributed by atoms with van der Waals surface area (Å²) in [6, 6.07) is 4.90. The number of carbonyl (C=O) groups excluding carboxylic acids is 2. The zero-order chi connectivity index (χ0) is 60.5. The molecule has 2 aromatic heterocycles. The summed E-state index contributed by atoms with van der Waals surface area (Å²) in [5.74, 6) is 1.27. The molecule has 0 radical (unpaired) electrons. The van der Waals surface area contributed by atoms with Crippen molar-refractivity contribution in [2.75, 3.05) is 51.1 Å². The van der Waals surface area contributed by atoms with Crippen LogP contribution in [0.25, 0.3) is 0 Å². The quantitative estimate of drug-likeness (QED) is 0.0441. The summed E-state index contributed by atoms with van der Waals surface area (Å²) in [6.07, 6.45) is -4.90. The number of carbonyl (C=O) groups is 2. The molecule has 460 valence electrons. The molecule has 4 heterocycles. The van der Waals surface area contributed by atoms with Gasteiger partial charge < -0.3 is 43.5 Å². The lowest BCUT2D eigenvalue weighted by Gasteiger charge is -2.37. The van der Waals surface area contributed by atoms with Crippen LogP contribution >= 0.6 is 41.4 Å². The predicted molar refractivity (Wildman–Crippen MR) is 316 cm³/mol. The van der Waals surface area contributed by atoms with E-state index >= 15 is 4.39 Å². The average molecular weight is 1210 g/mol. The number of aromatic amines is 2. The predicted octanol–water partition coefficient (Wildman–Crippen LogP) is 7.11. The maximum atomic E-state index is 15.7. The number of H-pyrrole nitrogens is 2. The molecule has 10 atom stereocenters. The van der Waals surface area contributed by atoms with E-state index in [0.717, 1.165) is 27.5 Å². The second-order valence-corrected chi connectivity index (χ2v) is 24.1. The molecule has 0 aliphatic carbocycles. The minimum Gasteiger partial charge on any atom is -0.394 e. The third-order valence-electron chi connectivity index (χ3n) is 11.2. The Morgan fingerprint density at radius 2 is 1.13 bits per heavy atom. The SMILES string of the molecule is CC(C)N(P)C(C)C.CC(C)NC(C)C.CCC(=O)SCCOCCO.CCC(=O)SCCOCCOP(OC1[C@@H](CC)O[C@@H](n2ccc(=O)[nH]c2=O)[C@H]1F)N(C(C)C)C(C)C.CC[C@H]1O[C@@H](n2ccc(=O)[nH]c2=O)[C@@H](F)C1O. The molecule has 4 unspecified atom stereocenters. The van der Waals surface area contributed by atoms with E-state index in [2.05, 4.69) is 79.8 Å². The molecule has 0 aromatic carbocycles. The second kappa shape index (κ2) is 42.5. The molecular formula is C52H97F2N7O14P2S2. The van der Waals surface area contributed by atoms with Gasteiger partial charge in [0.1, 0.15) is 12.2 Å². The summed E-state index contributed by atoms with van der Waals surface area (Å²) in [5.41, 5.74) is -2.63. The van der Waals surface area contributed by atoms with Gasteiger partial charge in [-0.3, -0.25) is 43.0 Å². The minimum absolute atomic E-state index is 0.0480. The second-order valence-electron chi connectivity index (χ2n) is 19.8. The van der Waals surface area contributed by atoms with Crippen molar-refractivity contribution in [2.24, 2.45) is 0 Å². The highest BCUT2D eigenvalue weighted by molar-refractivity contribution is 8.13. The summed E-state index contributed by atoms with van der Waals surface area (Å²) >= 11 is 2.53. The number of ether oxygens (including phenoxy) is 4. The molecule has 4 rings (SSSR count). The molecule has 2 aromatic rings. The van der Waals surface area contributed by atoms with E-state index in [0.29, 0.717) is 87.8 Å². The first kappa shape index (κ1) is 76.7. The Bertz CT molecular complexity index is 2170. The van der Waals surface area contributed by atoms with Gasteiger partial charge in [0.25, 0.3) is 19.6 Å². The van der Waals surface area contributed by atoms with Crippen LogP contribution in [0.2, 0.25) is 0 Å². The fraction of sp³-hybridized carbons (Fsp3) is 0.808. The van der Waals surface area contributed by atoms with Crippen molar-refractivity contribution in [3.63, 3.8) is 0 Å². The summed E-state index contributed by atoms with van der Waals surface area (Å²) in [4.78, 5) is 72.2. The molecule has 79 heavy (non-hydrogen) atoms. The molecule has 0 bridgehead atoms. The van der Waals surface area contributed by atoms with E-state index in [1.54, 1.807) is 6.92 Å². The summed E-state index contributed by atoms with van der Waals surface area (Å²) in [6.45, 7) is 34.6. The number of nitrogens with zero attached hydrogens (tertiary/aromatic N) is 4. The summed E-state index contributed by atoms with van der Waals surface area (Å²) in [7, 11) is 1.04. The number of aliphatic hydroxyl groups is 2. The van der Waals surface area contributed by atoms with Gasteiger partial charge in [-0.2, -0.15) is 0 Å². The Morgan fingerprint density at radius 3 is 1.47 bits per heavy atom. The van der Waals surface area contributed by atoms with Gasteiger partial charge in [-0.05, 0) is 68.2 Å². The first-order valence-electron chi connectivity index (χ1n) is 27.3. The molecular weight excluding hydrogens is 1110 g/mol. The smallest absolute Gasteiger partial charge is 0.330 e. The highest BCUT2D eigenvalue weighted by Crippen LogP contribution is 2.50. The van der Waals surface area contributed by atoms with E-state index in [1.165, 1.54) is 29.7 Å². The standard InChI is InChI=1S/C23H39FN3O7PS.C10H13FN2O4.C7H14O3S.C6H16NP.C6H15N/c1-7-17-21(20(24)22(33-17)26-10-9-18(28)25-23(26)30)34-35(27(15(3)4)16(5)6)32-12-11-31-13-14-36-19(29)8-2;1-2-5-8(15)7(11)9(17-5)13-4-3-6(14)12-10(13)16;1-2-7(9)11-6-5-10-4-3-8;1-5(2)7(8)6(3)4;1-5(2)7-6(3)4/h9-10,15-17,20-22H,7-8,11-14H2,1-6H3,(H,25,28,30);3-5,7-9,15H,2H2,1H3,(H,12,14,16);8H,2-6H2,1H3;5-6H,8H2,1-4H3;5-7H,1-4H3/t17-,20+,21?,22-,35?;5-,7+,8?,9-;;;/m11.../s1. The lowest BCUT2D eigenvalue weighted by Crippen LogP contribution is -2.39. The number of thioether (sulfide) groups is 2. The van der Waals surface area contributed by atoms with Crippen LogP contribution in [0.1, 0.15) is 149 Å². The number of aromatic nitrogens is 4. The molecule has 0 spiro atoms. The van der Waals surface area contributed by atoms with Gasteiger partial charge in [0.15, 0.2) is 35.0 Å². The van der Waals surface area contributed by atoms with Gasteiger partial charge in [0.05, 0.1) is 51.8 Å². The highest BCUT2D eigenvalue weighted by Gasteiger charge is 2.49. The van der Waals surface area contributed by atoms with Gasteiger partial charge >= 0.3 is 11.4 Å². The van der Waals surface area contributed by atoms with Gasteiger partial charge in [-0.15, -0.1) is 0 Å². The van der Waals surface area contributed by atoms with Gasteiger partial charge in [-0.25, -0.2) is 23.0 Å². The number of aliphatic hydroxyl groups excluding tert-OH is 2. The maximum absolute atomic E-state index is 15.7. The molecule has 0 saturated carbocycles. The van der Waals surface area contributed by atoms with Crippen LogP contribution in [-0.4, -0.2) is 173 Å². The number of hydrogen-bond donors (Lipinski definition) is 5. The highest BCUT2D eigenvalue weighted by atomic mass is 32.2. The van der Waals surface area contributed by atoms with Crippen LogP contribution in [0, 0.1) is 0 Å². The summed E-state index contributed by atoms with van der Waals surface area (Å²) in [5, 5.41) is 21.5. The molecule has 5 N–H and O–H groups in total. The van der Waals surface area contributed by atoms with Gasteiger partial charge in [0, 0.05) is 85.1 Å². The maximum Gasteiger partial charge on any atom is 0.330 e. The van der Waals surface area contributed by atoms with Crippen LogP contribution in [0.4, 0.5) is 8.78 Å². The van der Waals surface area contributed by atoms with Gasteiger partial charge in [-0.1, -0.05) is 88.3 Å². The van der Waals surface area contributed by atoms with E-state index in [1.807, 2.05) is 58.1 Å². The van der Waals surface area contributed by atoms with E-state index in [4.69, 9.17) is 33.1 Å².